The number of nitrogens with two attached hydrogens (primary N) is 2. The molecule has 0 saturated carbocycles. The summed E-state index contributed by atoms with van der Waals surface area (Å²) in [5.41, 5.74) is 16.0. The van der Waals surface area contributed by atoms with E-state index >= 15 is 0 Å². The number of piperidine rings is 1. The lowest BCUT2D eigenvalue weighted by molar-refractivity contribution is -0.108. The van der Waals surface area contributed by atoms with Gasteiger partial charge < -0.3 is 36.4 Å². The number of likely N-dealkylation sites (tertiary alicyclic amines) is 1. The van der Waals surface area contributed by atoms with Crippen LogP contribution >= 0.6 is 0 Å². The first-order chi connectivity index (χ1) is 17.5. The molecule has 9 heteroatoms. The van der Waals surface area contributed by atoms with Crippen molar-refractivity contribution >= 4 is 34.6 Å². The third-order valence-corrected chi connectivity index (χ3v) is 6.88. The second-order valence-electron chi connectivity index (χ2n) is 9.42. The molecule has 9 nitrogen and oxygen atoms in total. The number of amides is 1. The van der Waals surface area contributed by atoms with E-state index in [2.05, 4.69) is 22.5 Å². The lowest BCUT2D eigenvalue weighted by atomic mass is 10.0. The average molecular weight is 492 g/mol. The minimum absolute atomic E-state index is 0.135. The summed E-state index contributed by atoms with van der Waals surface area (Å²) in [6.45, 7) is 6.36. The van der Waals surface area contributed by atoms with Crippen molar-refractivity contribution in [3.05, 3.63) is 42.0 Å². The minimum atomic E-state index is -0.210. The van der Waals surface area contributed by atoms with Crippen molar-refractivity contribution in [3.8, 4) is 11.4 Å². The third kappa shape index (κ3) is 5.85. The molecule has 0 spiro atoms. The predicted molar refractivity (Wildman–Crippen MR) is 145 cm³/mol. The van der Waals surface area contributed by atoms with Gasteiger partial charge >= 0.3 is 0 Å². The van der Waals surface area contributed by atoms with Crippen LogP contribution in [0, 0.1) is 0 Å². The normalized spacial score (nSPS) is 16.2. The molecule has 1 fully saturated rings. The van der Waals surface area contributed by atoms with Gasteiger partial charge in [-0.05, 0) is 69.1 Å². The Balaban J connectivity index is 1.54. The highest BCUT2D eigenvalue weighted by atomic mass is 16.1. The second-order valence-corrected chi connectivity index (χ2v) is 9.42. The quantitative estimate of drug-likeness (QED) is 0.184. The van der Waals surface area contributed by atoms with Gasteiger partial charge in [-0.1, -0.05) is 6.42 Å². The van der Waals surface area contributed by atoms with Gasteiger partial charge in [0.15, 0.2) is 0 Å². The van der Waals surface area contributed by atoms with E-state index < -0.39 is 0 Å². The van der Waals surface area contributed by atoms with Crippen molar-refractivity contribution in [2.24, 2.45) is 5.73 Å². The van der Waals surface area contributed by atoms with E-state index in [9.17, 15) is 9.59 Å². The summed E-state index contributed by atoms with van der Waals surface area (Å²) in [6.07, 6.45) is 5.81. The van der Waals surface area contributed by atoms with Crippen LogP contribution in [0.3, 0.4) is 0 Å². The lowest BCUT2D eigenvalue weighted by Crippen LogP contribution is -2.38. The topological polar surface area (TPSA) is 131 Å². The third-order valence-electron chi connectivity index (χ3n) is 6.88. The number of aldehydes is 1. The fourth-order valence-electron chi connectivity index (χ4n) is 4.89. The van der Waals surface area contributed by atoms with Crippen molar-refractivity contribution in [3.63, 3.8) is 0 Å². The van der Waals surface area contributed by atoms with Crippen molar-refractivity contribution in [2.45, 2.75) is 45.2 Å². The van der Waals surface area contributed by atoms with Gasteiger partial charge in [0, 0.05) is 54.7 Å². The van der Waals surface area contributed by atoms with Crippen LogP contribution in [0.5, 0.6) is 0 Å². The van der Waals surface area contributed by atoms with Crippen LogP contribution in [0.2, 0.25) is 0 Å². The molecule has 0 bridgehead atoms. The Hall–Kier alpha value is -3.43. The van der Waals surface area contributed by atoms with Gasteiger partial charge in [0.2, 0.25) is 0 Å². The number of carbonyl (C=O) groups excluding carboxylic acids is 2. The summed E-state index contributed by atoms with van der Waals surface area (Å²) < 4.78 is 1.83. The highest BCUT2D eigenvalue weighted by Crippen LogP contribution is 2.31. The van der Waals surface area contributed by atoms with Gasteiger partial charge in [-0.3, -0.25) is 4.79 Å². The molecule has 1 unspecified atom stereocenters. The first-order valence-corrected chi connectivity index (χ1v) is 12.8. The number of hydrogen-bond acceptors (Lipinski definition) is 7. The summed E-state index contributed by atoms with van der Waals surface area (Å²) in [4.78, 5) is 31.2. The largest absolute Gasteiger partial charge is 0.398 e. The number of rotatable bonds is 11. The second kappa shape index (κ2) is 12.0. The molecular weight excluding hydrogens is 454 g/mol. The number of imidazole rings is 1. The molecule has 0 radical (unpaired) electrons. The zero-order valence-corrected chi connectivity index (χ0v) is 21.0. The Morgan fingerprint density at radius 2 is 2.06 bits per heavy atom. The summed E-state index contributed by atoms with van der Waals surface area (Å²) in [6, 6.07) is 11.7. The van der Waals surface area contributed by atoms with Crippen LogP contribution in [0.15, 0.2) is 36.4 Å². The molecule has 1 atom stereocenters. The number of fused-ring (bicyclic) bond motifs is 1. The highest BCUT2D eigenvalue weighted by molar-refractivity contribution is 5.98. The number of aromatic nitrogens is 2. The Labute approximate surface area is 212 Å². The molecule has 2 aromatic carbocycles. The van der Waals surface area contributed by atoms with E-state index in [0.29, 0.717) is 41.7 Å². The van der Waals surface area contributed by atoms with Gasteiger partial charge in [0.25, 0.3) is 5.91 Å². The standard InChI is InChI=1S/C27H37N7O2/c1-19-5-2-3-13-33(19)14-4-11-30-21-7-8-23(29)22(18-21)26-32-24-17-20(27(36)31-12-10-28)6-9-25(24)34(26)15-16-35/h6-9,16-19,30H,2-5,10-15,28-29H2,1H3,(H,31,36). The number of nitrogens with one attached hydrogen (secondary N) is 2. The first kappa shape index (κ1) is 25.7. The van der Waals surface area contributed by atoms with Gasteiger partial charge in [0.1, 0.15) is 12.1 Å². The molecule has 6 N–H and O–H groups in total. The molecule has 36 heavy (non-hydrogen) atoms. The Bertz CT molecular complexity index is 1210. The van der Waals surface area contributed by atoms with Gasteiger partial charge in [-0.2, -0.15) is 0 Å². The van der Waals surface area contributed by atoms with E-state index in [0.717, 1.165) is 42.6 Å². The first-order valence-electron chi connectivity index (χ1n) is 12.8. The summed E-state index contributed by atoms with van der Waals surface area (Å²) in [5, 5.41) is 6.28. The number of benzene rings is 2. The fraction of sp³-hybridized carbons (Fsp3) is 0.444. The van der Waals surface area contributed by atoms with Crippen LogP contribution in [-0.4, -0.2) is 65.4 Å². The summed E-state index contributed by atoms with van der Waals surface area (Å²) in [7, 11) is 0. The zero-order chi connectivity index (χ0) is 25.5. The molecule has 2 heterocycles. The van der Waals surface area contributed by atoms with E-state index in [1.165, 1.54) is 25.8 Å². The molecular formula is C27H37N7O2. The number of nitrogens with zero attached hydrogens (tertiary/aromatic N) is 3. The van der Waals surface area contributed by atoms with Crippen molar-refractivity contribution in [1.82, 2.24) is 19.8 Å². The monoisotopic (exact) mass is 491 g/mol. The molecule has 1 aliphatic heterocycles. The minimum Gasteiger partial charge on any atom is -0.398 e. The van der Waals surface area contributed by atoms with Gasteiger partial charge in [0.05, 0.1) is 17.6 Å². The van der Waals surface area contributed by atoms with E-state index in [4.69, 9.17) is 16.5 Å². The maximum atomic E-state index is 12.4. The Morgan fingerprint density at radius 1 is 1.19 bits per heavy atom. The SMILES string of the molecule is CC1CCCCN1CCCNc1ccc(N)c(-c2nc3cc(C(=O)NCCN)ccc3n2CC=O)c1. The number of nitrogen functional groups attached to an aromatic ring is 1. The molecule has 1 aliphatic rings. The van der Waals surface area contributed by atoms with Crippen LogP contribution in [0.1, 0.15) is 43.0 Å². The number of hydrogen-bond donors (Lipinski definition) is 4. The van der Waals surface area contributed by atoms with E-state index in [1.54, 1.807) is 12.1 Å². The molecule has 1 amide bonds. The zero-order valence-electron chi connectivity index (χ0n) is 21.0. The van der Waals surface area contributed by atoms with Gasteiger partial charge in [-0.15, -0.1) is 0 Å². The molecule has 4 rings (SSSR count). The van der Waals surface area contributed by atoms with Crippen molar-refractivity contribution in [2.75, 3.05) is 43.8 Å². The van der Waals surface area contributed by atoms with Crippen LogP contribution < -0.4 is 22.1 Å². The van der Waals surface area contributed by atoms with E-state index in [-0.39, 0.29) is 12.5 Å². The van der Waals surface area contributed by atoms with Crippen LogP contribution in [-0.2, 0) is 11.3 Å². The molecule has 3 aromatic rings. The highest BCUT2D eigenvalue weighted by Gasteiger charge is 2.18. The fourth-order valence-corrected chi connectivity index (χ4v) is 4.89. The number of carbonyl (C=O) groups is 2. The van der Waals surface area contributed by atoms with Crippen LogP contribution in [0.4, 0.5) is 11.4 Å². The van der Waals surface area contributed by atoms with E-state index in [1.807, 2.05) is 28.8 Å². The predicted octanol–water partition coefficient (Wildman–Crippen LogP) is 2.85. The van der Waals surface area contributed by atoms with Crippen molar-refractivity contribution < 1.29 is 9.59 Å². The molecule has 1 saturated heterocycles. The Kier molecular flexibility index (Phi) is 8.56. The van der Waals surface area contributed by atoms with Gasteiger partial charge in [-0.25, -0.2) is 4.98 Å². The Morgan fingerprint density at radius 3 is 2.83 bits per heavy atom. The summed E-state index contributed by atoms with van der Waals surface area (Å²) in [5.74, 6) is 0.387. The molecule has 192 valence electrons. The number of anilines is 2. The average Bonchev–Trinajstić information content (AvgIpc) is 3.24. The smallest absolute Gasteiger partial charge is 0.251 e. The lowest BCUT2D eigenvalue weighted by Gasteiger charge is -2.33. The maximum absolute atomic E-state index is 12.4. The molecule has 1 aromatic heterocycles. The molecule has 0 aliphatic carbocycles. The van der Waals surface area contributed by atoms with Crippen LogP contribution in [0.25, 0.3) is 22.4 Å². The summed E-state index contributed by atoms with van der Waals surface area (Å²) >= 11 is 0. The van der Waals surface area contributed by atoms with Crippen molar-refractivity contribution in [1.29, 1.82) is 0 Å². The maximum Gasteiger partial charge on any atom is 0.251 e.